The molecule has 0 N–H and O–H groups in total. The number of carbonyl (C=O) groups is 1. The maximum absolute atomic E-state index is 13.5. The summed E-state index contributed by atoms with van der Waals surface area (Å²) in [6, 6.07) is 13.8. The largest absolute Gasteiger partial charge is 0.337 e. The van der Waals surface area contributed by atoms with Crippen molar-refractivity contribution in [3.8, 4) is 0 Å². The SMILES string of the molecule is CN(Cc1ccccc1F)C(=O)c1cccc(I)c1. The Hall–Kier alpha value is -1.43. The van der Waals surface area contributed by atoms with Crippen LogP contribution in [0.3, 0.4) is 0 Å². The van der Waals surface area contributed by atoms with Gasteiger partial charge in [0, 0.05) is 28.3 Å². The molecule has 0 aliphatic rings. The smallest absolute Gasteiger partial charge is 0.253 e. The minimum Gasteiger partial charge on any atom is -0.337 e. The monoisotopic (exact) mass is 369 g/mol. The van der Waals surface area contributed by atoms with Crippen LogP contribution in [0.15, 0.2) is 48.5 Å². The molecule has 4 heteroatoms. The van der Waals surface area contributed by atoms with Gasteiger partial charge >= 0.3 is 0 Å². The average molecular weight is 369 g/mol. The Labute approximate surface area is 125 Å². The molecular weight excluding hydrogens is 356 g/mol. The molecule has 19 heavy (non-hydrogen) atoms. The fourth-order valence-electron chi connectivity index (χ4n) is 1.80. The van der Waals surface area contributed by atoms with Gasteiger partial charge in [0.1, 0.15) is 5.82 Å². The van der Waals surface area contributed by atoms with E-state index in [4.69, 9.17) is 0 Å². The van der Waals surface area contributed by atoms with Crippen LogP contribution in [0.2, 0.25) is 0 Å². The van der Waals surface area contributed by atoms with E-state index in [2.05, 4.69) is 22.6 Å². The summed E-state index contributed by atoms with van der Waals surface area (Å²) in [5.41, 5.74) is 1.13. The van der Waals surface area contributed by atoms with E-state index in [0.717, 1.165) is 3.57 Å². The van der Waals surface area contributed by atoms with Crippen molar-refractivity contribution in [3.05, 3.63) is 69.0 Å². The maximum atomic E-state index is 13.5. The molecule has 2 rings (SSSR count). The van der Waals surface area contributed by atoms with E-state index in [0.29, 0.717) is 11.1 Å². The van der Waals surface area contributed by atoms with Crippen molar-refractivity contribution in [3.63, 3.8) is 0 Å². The van der Waals surface area contributed by atoms with E-state index in [1.165, 1.54) is 11.0 Å². The Bertz CT molecular complexity index is 600. The van der Waals surface area contributed by atoms with E-state index in [1.807, 2.05) is 18.2 Å². The van der Waals surface area contributed by atoms with Crippen LogP contribution >= 0.6 is 22.6 Å². The molecule has 0 aliphatic heterocycles. The lowest BCUT2D eigenvalue weighted by atomic mass is 10.1. The van der Waals surface area contributed by atoms with E-state index in [9.17, 15) is 9.18 Å². The molecule has 0 radical (unpaired) electrons. The number of rotatable bonds is 3. The number of hydrogen-bond acceptors (Lipinski definition) is 1. The number of amides is 1. The molecule has 1 amide bonds. The molecule has 2 aromatic carbocycles. The van der Waals surface area contributed by atoms with Crippen LogP contribution in [0.5, 0.6) is 0 Å². The Morgan fingerprint density at radius 2 is 1.95 bits per heavy atom. The third kappa shape index (κ3) is 3.53. The van der Waals surface area contributed by atoms with Crippen molar-refractivity contribution in [2.45, 2.75) is 6.54 Å². The fraction of sp³-hybridized carbons (Fsp3) is 0.133. The highest BCUT2D eigenvalue weighted by Crippen LogP contribution is 2.13. The van der Waals surface area contributed by atoms with Crippen molar-refractivity contribution >= 4 is 28.5 Å². The van der Waals surface area contributed by atoms with Crippen LogP contribution < -0.4 is 0 Å². The van der Waals surface area contributed by atoms with Crippen molar-refractivity contribution in [2.75, 3.05) is 7.05 Å². The molecule has 0 saturated carbocycles. The number of halogens is 2. The van der Waals surface area contributed by atoms with Crippen LogP contribution in [-0.2, 0) is 6.54 Å². The Morgan fingerprint density at radius 3 is 2.63 bits per heavy atom. The third-order valence-corrected chi connectivity index (χ3v) is 3.45. The molecule has 0 saturated heterocycles. The van der Waals surface area contributed by atoms with E-state index in [1.54, 1.807) is 31.3 Å². The summed E-state index contributed by atoms with van der Waals surface area (Å²) in [7, 11) is 1.68. The molecule has 2 aromatic rings. The van der Waals surface area contributed by atoms with Crippen molar-refractivity contribution < 1.29 is 9.18 Å². The van der Waals surface area contributed by atoms with Crippen molar-refractivity contribution in [2.24, 2.45) is 0 Å². The highest BCUT2D eigenvalue weighted by atomic mass is 127. The first-order valence-electron chi connectivity index (χ1n) is 5.82. The van der Waals surface area contributed by atoms with Gasteiger partial charge in [-0.05, 0) is 46.9 Å². The molecular formula is C15H13FINO. The topological polar surface area (TPSA) is 20.3 Å². The summed E-state index contributed by atoms with van der Waals surface area (Å²) in [6.07, 6.45) is 0. The van der Waals surface area contributed by atoms with E-state index < -0.39 is 0 Å². The zero-order valence-corrected chi connectivity index (χ0v) is 12.6. The van der Waals surface area contributed by atoms with Gasteiger partial charge in [-0.3, -0.25) is 4.79 Å². The summed E-state index contributed by atoms with van der Waals surface area (Å²) in [5.74, 6) is -0.397. The molecule has 0 atom stereocenters. The van der Waals surface area contributed by atoms with Gasteiger partial charge in [-0.2, -0.15) is 0 Å². The third-order valence-electron chi connectivity index (χ3n) is 2.78. The zero-order chi connectivity index (χ0) is 13.8. The molecule has 0 bridgehead atoms. The van der Waals surface area contributed by atoms with Gasteiger partial charge in [-0.15, -0.1) is 0 Å². The fourth-order valence-corrected chi connectivity index (χ4v) is 2.34. The van der Waals surface area contributed by atoms with Gasteiger partial charge < -0.3 is 4.90 Å². The highest BCUT2D eigenvalue weighted by Gasteiger charge is 2.13. The lowest BCUT2D eigenvalue weighted by Crippen LogP contribution is -2.26. The first-order valence-corrected chi connectivity index (χ1v) is 6.90. The zero-order valence-electron chi connectivity index (χ0n) is 10.4. The van der Waals surface area contributed by atoms with Gasteiger partial charge in [0.2, 0.25) is 0 Å². The number of carbonyl (C=O) groups excluding carboxylic acids is 1. The number of nitrogens with zero attached hydrogens (tertiary/aromatic N) is 1. The molecule has 2 nitrogen and oxygen atoms in total. The van der Waals surface area contributed by atoms with E-state index in [-0.39, 0.29) is 18.3 Å². The average Bonchev–Trinajstić information content (AvgIpc) is 2.40. The standard InChI is InChI=1S/C15H13FINO/c1-18(10-12-5-2-3-8-14(12)16)15(19)11-6-4-7-13(17)9-11/h2-9H,10H2,1H3. The lowest BCUT2D eigenvalue weighted by molar-refractivity contribution is 0.0784. The minimum atomic E-state index is -0.287. The van der Waals surface area contributed by atoms with Crippen LogP contribution in [0, 0.1) is 9.39 Å². The quantitative estimate of drug-likeness (QED) is 0.756. The molecule has 0 aliphatic carbocycles. The van der Waals surface area contributed by atoms with Crippen LogP contribution in [0.1, 0.15) is 15.9 Å². The van der Waals surface area contributed by atoms with Gasteiger partial charge in [-0.25, -0.2) is 4.39 Å². The van der Waals surface area contributed by atoms with E-state index >= 15 is 0 Å². The van der Waals surface area contributed by atoms with Gasteiger partial charge in [0.05, 0.1) is 0 Å². The first-order chi connectivity index (χ1) is 9.08. The normalized spacial score (nSPS) is 10.3. The van der Waals surface area contributed by atoms with Gasteiger partial charge in [-0.1, -0.05) is 24.3 Å². The summed E-state index contributed by atoms with van der Waals surface area (Å²) in [5, 5.41) is 0. The summed E-state index contributed by atoms with van der Waals surface area (Å²) in [4.78, 5) is 13.7. The molecule has 0 fully saturated rings. The predicted octanol–water partition coefficient (Wildman–Crippen LogP) is 3.70. The summed E-state index contributed by atoms with van der Waals surface area (Å²) >= 11 is 2.16. The first kappa shape index (κ1) is 14.0. The summed E-state index contributed by atoms with van der Waals surface area (Å²) < 4.78 is 14.5. The van der Waals surface area contributed by atoms with Crippen LogP contribution in [0.25, 0.3) is 0 Å². The summed E-state index contributed by atoms with van der Waals surface area (Å²) in [6.45, 7) is 0.261. The Morgan fingerprint density at radius 1 is 1.21 bits per heavy atom. The highest BCUT2D eigenvalue weighted by molar-refractivity contribution is 14.1. The second kappa shape index (κ2) is 6.14. The Balaban J connectivity index is 2.14. The van der Waals surface area contributed by atoms with Crippen molar-refractivity contribution in [1.82, 2.24) is 4.90 Å². The predicted molar refractivity (Wildman–Crippen MR) is 81.4 cm³/mol. The van der Waals surface area contributed by atoms with Gasteiger partial charge in [0.25, 0.3) is 5.91 Å². The molecule has 0 unspecified atom stereocenters. The molecule has 0 spiro atoms. The number of hydrogen-bond donors (Lipinski definition) is 0. The maximum Gasteiger partial charge on any atom is 0.253 e. The number of benzene rings is 2. The molecule has 0 heterocycles. The minimum absolute atomic E-state index is 0.109. The molecule has 98 valence electrons. The van der Waals surface area contributed by atoms with Gasteiger partial charge in [0.15, 0.2) is 0 Å². The second-order valence-electron chi connectivity index (χ2n) is 4.26. The Kier molecular flexibility index (Phi) is 4.52. The molecule has 0 aromatic heterocycles. The van der Waals surface area contributed by atoms with Crippen LogP contribution in [-0.4, -0.2) is 17.9 Å². The second-order valence-corrected chi connectivity index (χ2v) is 5.51. The lowest BCUT2D eigenvalue weighted by Gasteiger charge is -2.17. The van der Waals surface area contributed by atoms with Crippen molar-refractivity contribution in [1.29, 1.82) is 0 Å². The van der Waals surface area contributed by atoms with Crippen LogP contribution in [0.4, 0.5) is 4.39 Å².